The molecule has 0 unspecified atom stereocenters. The molecule has 0 spiro atoms. The number of aryl methyl sites for hydroxylation is 1. The molecule has 5 heteroatoms. The smallest absolute Gasteiger partial charge is 0.157 e. The number of benzene rings is 2. The highest BCUT2D eigenvalue weighted by molar-refractivity contribution is 5.94. The number of hydrogen-bond acceptors (Lipinski definition) is 5. The van der Waals surface area contributed by atoms with Crippen LogP contribution in [0, 0.1) is 20.8 Å². The van der Waals surface area contributed by atoms with Crippen LogP contribution in [0.4, 0.5) is 5.69 Å². The number of methoxy groups -OCH3 is 1. The van der Waals surface area contributed by atoms with Gasteiger partial charge in [-0.1, -0.05) is 30.9 Å². The molecule has 32 heavy (non-hydrogen) atoms. The van der Waals surface area contributed by atoms with Gasteiger partial charge in [0.05, 0.1) is 7.11 Å². The Balaban J connectivity index is 1.61. The zero-order valence-electron chi connectivity index (χ0n) is 19.6. The number of carbonyl (C=O) groups is 1. The fourth-order valence-electron chi connectivity index (χ4n) is 4.00. The number of rotatable bonds is 9. The van der Waals surface area contributed by atoms with E-state index < -0.39 is 0 Å². The topological polar surface area (TPSA) is 50.8 Å². The van der Waals surface area contributed by atoms with Crippen molar-refractivity contribution in [3.05, 3.63) is 71.3 Å². The Labute approximate surface area is 191 Å². The van der Waals surface area contributed by atoms with E-state index in [1.54, 1.807) is 19.3 Å². The van der Waals surface area contributed by atoms with Crippen LogP contribution in [-0.2, 0) is 4.79 Å². The van der Waals surface area contributed by atoms with Crippen LogP contribution in [0.25, 0.3) is 6.08 Å². The molecular formula is C27H34N2O3. The van der Waals surface area contributed by atoms with Crippen molar-refractivity contribution in [3.63, 3.8) is 0 Å². The first kappa shape index (κ1) is 23.6. The maximum absolute atomic E-state index is 12.7. The Hall–Kier alpha value is -3.05. The van der Waals surface area contributed by atoms with Crippen molar-refractivity contribution < 1.29 is 14.3 Å². The molecule has 3 rings (SSSR count). The van der Waals surface area contributed by atoms with E-state index in [2.05, 4.69) is 41.9 Å². The van der Waals surface area contributed by atoms with E-state index in [9.17, 15) is 4.79 Å². The van der Waals surface area contributed by atoms with Gasteiger partial charge in [-0.2, -0.15) is 0 Å². The molecule has 2 aromatic rings. The Morgan fingerprint density at radius 2 is 2.00 bits per heavy atom. The molecule has 1 saturated heterocycles. The molecule has 0 radical (unpaired) electrons. The number of ketones is 1. The number of allylic oxidation sites excluding steroid dienone is 1. The van der Waals surface area contributed by atoms with Crippen molar-refractivity contribution in [1.29, 1.82) is 0 Å². The second-order valence-electron chi connectivity index (χ2n) is 8.26. The molecule has 0 amide bonds. The van der Waals surface area contributed by atoms with Crippen LogP contribution in [-0.4, -0.2) is 45.2 Å². The van der Waals surface area contributed by atoms with E-state index in [1.165, 1.54) is 0 Å². The lowest BCUT2D eigenvalue weighted by Gasteiger charge is -2.35. The molecule has 5 nitrogen and oxygen atoms in total. The molecule has 2 aromatic carbocycles. The quantitative estimate of drug-likeness (QED) is 0.460. The Morgan fingerprint density at radius 3 is 2.75 bits per heavy atom. The number of nitrogens with one attached hydrogen (secondary N) is 1. The maximum atomic E-state index is 12.7. The van der Waals surface area contributed by atoms with Gasteiger partial charge in [-0.3, -0.25) is 4.79 Å². The number of anilines is 1. The summed E-state index contributed by atoms with van der Waals surface area (Å²) in [5.41, 5.74) is 5.48. The first-order valence-corrected chi connectivity index (χ1v) is 11.1. The van der Waals surface area contributed by atoms with Crippen molar-refractivity contribution in [3.8, 4) is 11.5 Å². The molecule has 1 aliphatic rings. The van der Waals surface area contributed by atoms with Gasteiger partial charge < -0.3 is 19.7 Å². The third-order valence-electron chi connectivity index (χ3n) is 6.04. The average Bonchev–Trinajstić information content (AvgIpc) is 2.80. The summed E-state index contributed by atoms with van der Waals surface area (Å²) in [4.78, 5) is 15.0. The number of ether oxygens (including phenoxy) is 2. The summed E-state index contributed by atoms with van der Waals surface area (Å²) in [6, 6.07) is 10.3. The van der Waals surface area contributed by atoms with Crippen LogP contribution in [0.15, 0.2) is 49.1 Å². The molecule has 1 heterocycles. The fraction of sp³-hybridized carbons (Fsp3) is 0.370. The van der Waals surface area contributed by atoms with Crippen LogP contribution in [0.3, 0.4) is 0 Å². The van der Waals surface area contributed by atoms with Crippen molar-refractivity contribution in [1.82, 2.24) is 5.32 Å². The summed E-state index contributed by atoms with van der Waals surface area (Å²) in [5.74, 6) is 1.86. The average molecular weight is 435 g/mol. The molecule has 1 N–H and O–H groups in total. The van der Waals surface area contributed by atoms with Gasteiger partial charge in [-0.05, 0) is 61.2 Å². The molecule has 0 saturated carbocycles. The summed E-state index contributed by atoms with van der Waals surface area (Å²) >= 11 is 0. The molecular weight excluding hydrogens is 400 g/mol. The molecule has 0 bridgehead atoms. The van der Waals surface area contributed by atoms with Crippen molar-refractivity contribution in [2.24, 2.45) is 0 Å². The van der Waals surface area contributed by atoms with Crippen molar-refractivity contribution in [2.45, 2.75) is 33.2 Å². The van der Waals surface area contributed by atoms with Crippen LogP contribution < -0.4 is 19.7 Å². The van der Waals surface area contributed by atoms with Gasteiger partial charge in [-0.25, -0.2) is 0 Å². The molecule has 1 fully saturated rings. The third-order valence-corrected chi connectivity index (χ3v) is 6.04. The Kier molecular flexibility index (Phi) is 8.12. The van der Waals surface area contributed by atoms with Gasteiger partial charge in [0.1, 0.15) is 18.1 Å². The monoisotopic (exact) mass is 434 g/mol. The predicted molar refractivity (Wildman–Crippen MR) is 132 cm³/mol. The van der Waals surface area contributed by atoms with E-state index in [4.69, 9.17) is 9.47 Å². The SMILES string of the molecule is C=CCOc1ccc(/C=C/C(=O)C[C@H]2CN(c3ccc(C)c(OC)c3)CCN2)c(C)c1C. The normalized spacial score (nSPS) is 16.2. The standard InChI is InChI=1S/C27H34N2O3/c1-6-15-32-26-12-9-22(20(3)21(26)4)8-11-25(30)16-23-18-29(14-13-28-23)24-10-7-19(2)27(17-24)31-5/h6-12,17,23,28H,1,13-16,18H2,2-5H3/b11-8+/t23-/m0/s1. The summed E-state index contributed by atoms with van der Waals surface area (Å²) in [5, 5.41) is 3.48. The number of nitrogens with zero attached hydrogens (tertiary/aromatic N) is 1. The minimum absolute atomic E-state index is 0.116. The van der Waals surface area contributed by atoms with Crippen LogP contribution in [0.5, 0.6) is 11.5 Å². The number of hydrogen-bond donors (Lipinski definition) is 1. The van der Waals surface area contributed by atoms with E-state index in [-0.39, 0.29) is 11.8 Å². The molecule has 170 valence electrons. The summed E-state index contributed by atoms with van der Waals surface area (Å²) in [6.07, 6.45) is 5.81. The lowest BCUT2D eigenvalue weighted by molar-refractivity contribution is -0.115. The van der Waals surface area contributed by atoms with Gasteiger partial charge in [0.2, 0.25) is 0 Å². The summed E-state index contributed by atoms with van der Waals surface area (Å²) in [7, 11) is 1.70. The van der Waals surface area contributed by atoms with E-state index in [0.29, 0.717) is 13.0 Å². The number of carbonyl (C=O) groups excluding carboxylic acids is 1. The maximum Gasteiger partial charge on any atom is 0.157 e. The van der Waals surface area contributed by atoms with Gasteiger partial charge in [0.15, 0.2) is 5.78 Å². The van der Waals surface area contributed by atoms with Gasteiger partial charge in [-0.15, -0.1) is 0 Å². The first-order chi connectivity index (χ1) is 15.4. The van der Waals surface area contributed by atoms with Crippen molar-refractivity contribution in [2.75, 3.05) is 38.3 Å². The third kappa shape index (κ3) is 5.80. The Bertz CT molecular complexity index is 997. The van der Waals surface area contributed by atoms with Crippen LogP contribution in [0.1, 0.15) is 28.7 Å². The summed E-state index contributed by atoms with van der Waals surface area (Å²) in [6.45, 7) is 12.8. The van der Waals surface area contributed by atoms with E-state index in [1.807, 2.05) is 32.1 Å². The van der Waals surface area contributed by atoms with Gasteiger partial charge in [0, 0.05) is 43.9 Å². The summed E-state index contributed by atoms with van der Waals surface area (Å²) < 4.78 is 11.2. The van der Waals surface area contributed by atoms with Gasteiger partial charge >= 0.3 is 0 Å². The molecule has 0 aliphatic carbocycles. The van der Waals surface area contributed by atoms with Crippen LogP contribution in [0.2, 0.25) is 0 Å². The second kappa shape index (κ2) is 11.0. The first-order valence-electron chi connectivity index (χ1n) is 11.1. The van der Waals surface area contributed by atoms with Crippen LogP contribution >= 0.6 is 0 Å². The minimum Gasteiger partial charge on any atom is -0.496 e. The molecule has 0 aromatic heterocycles. The number of piperazine rings is 1. The lowest BCUT2D eigenvalue weighted by atomic mass is 10.0. The second-order valence-corrected chi connectivity index (χ2v) is 8.26. The van der Waals surface area contributed by atoms with Crippen molar-refractivity contribution >= 4 is 17.5 Å². The highest BCUT2D eigenvalue weighted by Gasteiger charge is 2.21. The Morgan fingerprint density at radius 1 is 1.19 bits per heavy atom. The predicted octanol–water partition coefficient (Wildman–Crippen LogP) is 4.64. The highest BCUT2D eigenvalue weighted by atomic mass is 16.5. The lowest BCUT2D eigenvalue weighted by Crippen LogP contribution is -2.51. The largest absolute Gasteiger partial charge is 0.496 e. The zero-order valence-corrected chi connectivity index (χ0v) is 19.6. The van der Waals surface area contributed by atoms with Gasteiger partial charge in [0.25, 0.3) is 0 Å². The highest BCUT2D eigenvalue weighted by Crippen LogP contribution is 2.27. The van der Waals surface area contributed by atoms with E-state index in [0.717, 1.165) is 59.1 Å². The van der Waals surface area contributed by atoms with E-state index >= 15 is 0 Å². The zero-order chi connectivity index (χ0) is 23.1. The molecule has 1 atom stereocenters. The fourth-order valence-corrected chi connectivity index (χ4v) is 4.00. The molecule has 1 aliphatic heterocycles. The minimum atomic E-state index is 0.116.